The molecule has 0 saturated heterocycles. The first-order valence-electron chi connectivity index (χ1n) is 4.51. The zero-order valence-electron chi connectivity index (χ0n) is 7.97. The molecule has 14 heavy (non-hydrogen) atoms. The third-order valence-corrected chi connectivity index (χ3v) is 2.26. The molecular weight excluding hydrogens is 203 g/mol. The highest BCUT2D eigenvalue weighted by atomic mass is 35.5. The van der Waals surface area contributed by atoms with E-state index in [0.717, 1.165) is 5.56 Å². The van der Waals surface area contributed by atoms with E-state index in [1.807, 2.05) is 0 Å². The Morgan fingerprint density at radius 2 is 2.00 bits per heavy atom. The summed E-state index contributed by atoms with van der Waals surface area (Å²) in [7, 11) is 0. The van der Waals surface area contributed by atoms with E-state index >= 15 is 0 Å². The minimum Gasteiger partial charge on any atom is -0.298 e. The number of halogens is 2. The summed E-state index contributed by atoms with van der Waals surface area (Å²) in [5.74, 6) is -0.234. The molecule has 1 aromatic rings. The van der Waals surface area contributed by atoms with Crippen molar-refractivity contribution in [1.29, 1.82) is 0 Å². The first-order chi connectivity index (χ1) is 6.59. The lowest BCUT2D eigenvalue weighted by Gasteiger charge is -2.02. The Morgan fingerprint density at radius 1 is 1.43 bits per heavy atom. The Hall–Kier alpha value is -0.890. The summed E-state index contributed by atoms with van der Waals surface area (Å²) in [6.45, 7) is 1.66. The van der Waals surface area contributed by atoms with Crippen molar-refractivity contribution in [3.8, 4) is 0 Å². The van der Waals surface area contributed by atoms with Crippen LogP contribution < -0.4 is 0 Å². The molecular formula is C11H12ClFO. The van der Waals surface area contributed by atoms with Crippen LogP contribution in [-0.2, 0) is 11.2 Å². The van der Waals surface area contributed by atoms with E-state index in [-0.39, 0.29) is 11.6 Å². The Kier molecular flexibility index (Phi) is 4.08. The van der Waals surface area contributed by atoms with Gasteiger partial charge in [-0.15, -0.1) is 11.6 Å². The van der Waals surface area contributed by atoms with Gasteiger partial charge in [0, 0.05) is 6.42 Å². The van der Waals surface area contributed by atoms with Gasteiger partial charge >= 0.3 is 0 Å². The molecule has 1 nitrogen and oxygen atoms in total. The number of alkyl halides is 1. The van der Waals surface area contributed by atoms with Crippen LogP contribution in [0.15, 0.2) is 24.3 Å². The summed E-state index contributed by atoms with van der Waals surface area (Å²) >= 11 is 5.61. The molecule has 0 spiro atoms. The molecule has 1 aromatic carbocycles. The average molecular weight is 215 g/mol. The van der Waals surface area contributed by atoms with E-state index < -0.39 is 5.38 Å². The number of benzene rings is 1. The summed E-state index contributed by atoms with van der Waals surface area (Å²) in [6, 6.07) is 6.15. The lowest BCUT2D eigenvalue weighted by molar-refractivity contribution is -0.118. The molecule has 0 radical (unpaired) electrons. The van der Waals surface area contributed by atoms with Crippen LogP contribution in [0.1, 0.15) is 18.9 Å². The molecule has 0 saturated carbocycles. The van der Waals surface area contributed by atoms with E-state index in [4.69, 9.17) is 11.6 Å². The van der Waals surface area contributed by atoms with Crippen LogP contribution in [0.2, 0.25) is 0 Å². The number of aryl methyl sites for hydroxylation is 1. The number of hydrogen-bond donors (Lipinski definition) is 0. The van der Waals surface area contributed by atoms with Crippen LogP contribution in [0, 0.1) is 5.82 Å². The van der Waals surface area contributed by atoms with Crippen LogP contribution in [0.25, 0.3) is 0 Å². The number of carbonyl (C=O) groups is 1. The summed E-state index contributed by atoms with van der Waals surface area (Å²) in [6.07, 6.45) is 1.03. The maximum Gasteiger partial charge on any atom is 0.150 e. The first-order valence-corrected chi connectivity index (χ1v) is 4.94. The van der Waals surface area contributed by atoms with E-state index in [2.05, 4.69) is 0 Å². The van der Waals surface area contributed by atoms with Gasteiger partial charge in [-0.25, -0.2) is 4.39 Å². The molecule has 1 unspecified atom stereocenters. The summed E-state index contributed by atoms with van der Waals surface area (Å²) in [5, 5.41) is -0.435. The van der Waals surface area contributed by atoms with Gasteiger partial charge in [-0.05, 0) is 31.0 Å². The van der Waals surface area contributed by atoms with E-state index in [1.54, 1.807) is 19.1 Å². The number of ketones is 1. The zero-order chi connectivity index (χ0) is 10.6. The molecule has 0 bridgehead atoms. The van der Waals surface area contributed by atoms with Crippen molar-refractivity contribution >= 4 is 17.4 Å². The minimum atomic E-state index is -0.435. The number of hydrogen-bond acceptors (Lipinski definition) is 1. The quantitative estimate of drug-likeness (QED) is 0.705. The van der Waals surface area contributed by atoms with Crippen molar-refractivity contribution < 1.29 is 9.18 Å². The summed E-state index contributed by atoms with van der Waals surface area (Å²) in [4.78, 5) is 11.2. The van der Waals surface area contributed by atoms with Crippen molar-refractivity contribution in [2.75, 3.05) is 0 Å². The molecule has 0 aliphatic carbocycles. The normalized spacial score (nSPS) is 12.5. The lowest BCUT2D eigenvalue weighted by atomic mass is 10.1. The van der Waals surface area contributed by atoms with Gasteiger partial charge < -0.3 is 0 Å². The second-order valence-electron chi connectivity index (χ2n) is 3.21. The maximum atomic E-state index is 12.5. The van der Waals surface area contributed by atoms with Crippen LogP contribution in [0.3, 0.4) is 0 Å². The molecule has 0 amide bonds. The highest BCUT2D eigenvalue weighted by Gasteiger charge is 2.08. The van der Waals surface area contributed by atoms with Gasteiger partial charge in [-0.1, -0.05) is 12.1 Å². The van der Waals surface area contributed by atoms with Crippen LogP contribution in [-0.4, -0.2) is 11.2 Å². The summed E-state index contributed by atoms with van der Waals surface area (Å²) in [5.41, 5.74) is 0.956. The van der Waals surface area contributed by atoms with Gasteiger partial charge in [0.15, 0.2) is 5.78 Å². The molecule has 76 valence electrons. The largest absolute Gasteiger partial charge is 0.298 e. The van der Waals surface area contributed by atoms with Crippen molar-refractivity contribution in [3.63, 3.8) is 0 Å². The fourth-order valence-corrected chi connectivity index (χ4v) is 1.23. The predicted molar refractivity (Wildman–Crippen MR) is 55.0 cm³/mol. The number of rotatable bonds is 4. The van der Waals surface area contributed by atoms with Crippen molar-refractivity contribution in [2.24, 2.45) is 0 Å². The number of Topliss-reactive ketones (excluding diaryl/α,β-unsaturated/α-hetero) is 1. The van der Waals surface area contributed by atoms with Crippen molar-refractivity contribution in [2.45, 2.75) is 25.1 Å². The highest BCUT2D eigenvalue weighted by molar-refractivity contribution is 6.30. The van der Waals surface area contributed by atoms with Gasteiger partial charge in [0.2, 0.25) is 0 Å². The fourth-order valence-electron chi connectivity index (χ4n) is 1.12. The SMILES string of the molecule is CC(Cl)C(=O)CCc1ccc(F)cc1. The molecule has 0 aliphatic heterocycles. The van der Waals surface area contributed by atoms with Crippen molar-refractivity contribution in [1.82, 2.24) is 0 Å². The Morgan fingerprint density at radius 3 is 2.50 bits per heavy atom. The molecule has 0 heterocycles. The third-order valence-electron chi connectivity index (χ3n) is 2.02. The second kappa shape index (κ2) is 5.11. The lowest BCUT2D eigenvalue weighted by Crippen LogP contribution is -2.10. The minimum absolute atomic E-state index is 0.0241. The van der Waals surface area contributed by atoms with Gasteiger partial charge in [-0.3, -0.25) is 4.79 Å². The van der Waals surface area contributed by atoms with Crippen LogP contribution in [0.4, 0.5) is 4.39 Å². The van der Waals surface area contributed by atoms with Gasteiger partial charge in [0.25, 0.3) is 0 Å². The average Bonchev–Trinajstić information content (AvgIpc) is 2.16. The molecule has 0 N–H and O–H groups in total. The summed E-state index contributed by atoms with van der Waals surface area (Å²) < 4.78 is 12.5. The number of carbonyl (C=O) groups excluding carboxylic acids is 1. The highest BCUT2D eigenvalue weighted by Crippen LogP contribution is 2.08. The van der Waals surface area contributed by atoms with Crippen molar-refractivity contribution in [3.05, 3.63) is 35.6 Å². The molecule has 0 fully saturated rings. The third kappa shape index (κ3) is 3.46. The van der Waals surface area contributed by atoms with Crippen LogP contribution >= 0.6 is 11.6 Å². The second-order valence-corrected chi connectivity index (χ2v) is 3.86. The molecule has 1 atom stereocenters. The molecule has 0 aliphatic rings. The standard InChI is InChI=1S/C11H12ClFO/c1-8(12)11(14)7-4-9-2-5-10(13)6-3-9/h2-3,5-6,8H,4,7H2,1H3. The molecule has 0 aromatic heterocycles. The van der Waals surface area contributed by atoms with E-state index in [9.17, 15) is 9.18 Å². The molecule has 3 heteroatoms. The van der Waals surface area contributed by atoms with Crippen LogP contribution in [0.5, 0.6) is 0 Å². The Balaban J connectivity index is 2.46. The first kappa shape index (κ1) is 11.2. The van der Waals surface area contributed by atoms with Gasteiger partial charge in [-0.2, -0.15) is 0 Å². The fraction of sp³-hybridized carbons (Fsp3) is 0.364. The molecule has 1 rings (SSSR count). The Bertz CT molecular complexity index is 306. The maximum absolute atomic E-state index is 12.5. The van der Waals surface area contributed by atoms with E-state index in [0.29, 0.717) is 12.8 Å². The zero-order valence-corrected chi connectivity index (χ0v) is 8.72. The topological polar surface area (TPSA) is 17.1 Å². The van der Waals surface area contributed by atoms with E-state index in [1.165, 1.54) is 12.1 Å². The van der Waals surface area contributed by atoms with Gasteiger partial charge in [0.05, 0.1) is 5.38 Å². The monoisotopic (exact) mass is 214 g/mol. The smallest absolute Gasteiger partial charge is 0.150 e. The Labute approximate surface area is 87.9 Å². The van der Waals surface area contributed by atoms with Gasteiger partial charge in [0.1, 0.15) is 5.82 Å². The predicted octanol–water partition coefficient (Wildman–Crippen LogP) is 2.95.